The van der Waals surface area contributed by atoms with Gasteiger partial charge >= 0.3 is 0 Å². The van der Waals surface area contributed by atoms with Crippen LogP contribution in [0.5, 0.6) is 5.88 Å². The second-order valence-corrected chi connectivity index (χ2v) is 7.62. The average Bonchev–Trinajstić information content (AvgIpc) is 2.53. The summed E-state index contributed by atoms with van der Waals surface area (Å²) in [5, 5.41) is 3.10. The van der Waals surface area contributed by atoms with Gasteiger partial charge < -0.3 is 14.8 Å². The highest BCUT2D eigenvalue weighted by Crippen LogP contribution is 2.23. The summed E-state index contributed by atoms with van der Waals surface area (Å²) in [5.74, 6) is 1.23. The summed E-state index contributed by atoms with van der Waals surface area (Å²) >= 11 is 0. The molecule has 0 saturated heterocycles. The van der Waals surface area contributed by atoms with Crippen molar-refractivity contribution in [2.24, 2.45) is 5.92 Å². The topological polar surface area (TPSA) is 60.5 Å². The molecule has 5 heteroatoms. The Morgan fingerprint density at radius 2 is 1.92 bits per heavy atom. The second-order valence-electron chi connectivity index (χ2n) is 7.62. The number of pyridine rings is 1. The van der Waals surface area contributed by atoms with E-state index in [1.807, 2.05) is 20.8 Å². The third kappa shape index (κ3) is 6.48. The van der Waals surface area contributed by atoms with E-state index in [9.17, 15) is 4.79 Å². The SMILES string of the molecule is CC1CCC(NC(=O)c2ccc(OCCOC(C)(C)C)nc2)CC1. The van der Waals surface area contributed by atoms with E-state index in [2.05, 4.69) is 17.2 Å². The van der Waals surface area contributed by atoms with Gasteiger partial charge in [0.05, 0.1) is 17.8 Å². The Bertz CT molecular complexity index is 514. The fourth-order valence-electron chi connectivity index (χ4n) is 2.77. The molecule has 1 aliphatic carbocycles. The van der Waals surface area contributed by atoms with Gasteiger partial charge in [-0.1, -0.05) is 6.92 Å². The van der Waals surface area contributed by atoms with Gasteiger partial charge in [-0.2, -0.15) is 0 Å². The van der Waals surface area contributed by atoms with Crippen LogP contribution in [0.4, 0.5) is 0 Å². The molecule has 0 spiro atoms. The molecule has 2 rings (SSSR count). The van der Waals surface area contributed by atoms with E-state index in [1.165, 1.54) is 12.8 Å². The molecule has 0 unspecified atom stereocenters. The van der Waals surface area contributed by atoms with Gasteiger partial charge in [0.15, 0.2) is 0 Å². The van der Waals surface area contributed by atoms with Crippen LogP contribution in [0.15, 0.2) is 18.3 Å². The van der Waals surface area contributed by atoms with Crippen molar-refractivity contribution in [3.8, 4) is 5.88 Å². The van der Waals surface area contributed by atoms with E-state index >= 15 is 0 Å². The first-order valence-corrected chi connectivity index (χ1v) is 8.87. The van der Waals surface area contributed by atoms with Gasteiger partial charge in [-0.25, -0.2) is 4.98 Å². The van der Waals surface area contributed by atoms with Gasteiger partial charge in [0.1, 0.15) is 6.61 Å². The summed E-state index contributed by atoms with van der Waals surface area (Å²) in [6, 6.07) is 3.78. The van der Waals surface area contributed by atoms with Gasteiger partial charge in [0, 0.05) is 18.3 Å². The van der Waals surface area contributed by atoms with Crippen LogP contribution in [-0.2, 0) is 4.74 Å². The Balaban J connectivity index is 1.75. The minimum Gasteiger partial charge on any atom is -0.475 e. The van der Waals surface area contributed by atoms with Crippen LogP contribution in [0.2, 0.25) is 0 Å². The normalized spacial score (nSPS) is 21.3. The second kappa shape index (κ2) is 8.47. The van der Waals surface area contributed by atoms with E-state index in [4.69, 9.17) is 9.47 Å². The molecular formula is C19H30N2O3. The van der Waals surface area contributed by atoms with Crippen LogP contribution in [-0.4, -0.2) is 35.7 Å². The Morgan fingerprint density at radius 1 is 1.21 bits per heavy atom. The molecule has 1 N–H and O–H groups in total. The standard InChI is InChI=1S/C19H30N2O3/c1-14-5-8-16(9-6-14)21-18(22)15-7-10-17(20-13-15)23-11-12-24-19(2,3)4/h7,10,13-14,16H,5-6,8-9,11-12H2,1-4H3,(H,21,22). The number of hydrogen-bond acceptors (Lipinski definition) is 4. The highest BCUT2D eigenvalue weighted by Gasteiger charge is 2.20. The molecule has 0 aromatic carbocycles. The van der Waals surface area contributed by atoms with Crippen molar-refractivity contribution < 1.29 is 14.3 Å². The molecule has 0 radical (unpaired) electrons. The summed E-state index contributed by atoms with van der Waals surface area (Å²) < 4.78 is 11.1. The zero-order valence-corrected chi connectivity index (χ0v) is 15.3. The van der Waals surface area contributed by atoms with E-state index in [-0.39, 0.29) is 11.5 Å². The summed E-state index contributed by atoms with van der Waals surface area (Å²) in [6.45, 7) is 9.24. The Labute approximate surface area is 145 Å². The number of carbonyl (C=O) groups excluding carboxylic acids is 1. The van der Waals surface area contributed by atoms with E-state index in [0.717, 1.165) is 18.8 Å². The lowest BCUT2D eigenvalue weighted by atomic mass is 9.87. The Hall–Kier alpha value is -1.62. The van der Waals surface area contributed by atoms with Crippen molar-refractivity contribution in [1.82, 2.24) is 10.3 Å². The molecule has 0 bridgehead atoms. The smallest absolute Gasteiger partial charge is 0.253 e. The number of hydrogen-bond donors (Lipinski definition) is 1. The lowest BCUT2D eigenvalue weighted by molar-refractivity contribution is -0.0168. The van der Waals surface area contributed by atoms with E-state index in [0.29, 0.717) is 30.7 Å². The van der Waals surface area contributed by atoms with Gasteiger partial charge in [-0.3, -0.25) is 4.79 Å². The van der Waals surface area contributed by atoms with Crippen molar-refractivity contribution in [2.45, 2.75) is 65.0 Å². The summed E-state index contributed by atoms with van der Waals surface area (Å²) in [7, 11) is 0. The third-order valence-corrected chi connectivity index (χ3v) is 4.22. The highest BCUT2D eigenvalue weighted by atomic mass is 16.5. The molecule has 5 nitrogen and oxygen atoms in total. The van der Waals surface area contributed by atoms with Gasteiger partial charge in [0.2, 0.25) is 5.88 Å². The van der Waals surface area contributed by atoms with Crippen LogP contribution >= 0.6 is 0 Å². The summed E-state index contributed by atoms with van der Waals surface area (Å²) in [5.41, 5.74) is 0.405. The number of amides is 1. The maximum absolute atomic E-state index is 12.3. The van der Waals surface area contributed by atoms with Crippen LogP contribution in [0.1, 0.15) is 63.7 Å². The molecule has 1 aromatic heterocycles. The number of nitrogens with zero attached hydrogens (tertiary/aromatic N) is 1. The Morgan fingerprint density at radius 3 is 2.50 bits per heavy atom. The number of aromatic nitrogens is 1. The molecule has 1 saturated carbocycles. The lowest BCUT2D eigenvalue weighted by Crippen LogP contribution is -2.37. The van der Waals surface area contributed by atoms with Crippen molar-refractivity contribution >= 4 is 5.91 Å². The molecule has 24 heavy (non-hydrogen) atoms. The van der Waals surface area contributed by atoms with Crippen molar-refractivity contribution in [3.63, 3.8) is 0 Å². The maximum Gasteiger partial charge on any atom is 0.253 e. The van der Waals surface area contributed by atoms with Crippen molar-refractivity contribution in [1.29, 1.82) is 0 Å². The van der Waals surface area contributed by atoms with Crippen LogP contribution in [0, 0.1) is 5.92 Å². The third-order valence-electron chi connectivity index (χ3n) is 4.22. The molecular weight excluding hydrogens is 304 g/mol. The van der Waals surface area contributed by atoms with E-state index < -0.39 is 0 Å². The predicted octanol–water partition coefficient (Wildman–Crippen LogP) is 3.58. The number of carbonyl (C=O) groups is 1. The summed E-state index contributed by atoms with van der Waals surface area (Å²) in [6.07, 6.45) is 6.07. The zero-order valence-electron chi connectivity index (χ0n) is 15.3. The number of rotatable bonds is 6. The Kier molecular flexibility index (Phi) is 6.60. The van der Waals surface area contributed by atoms with Gasteiger partial charge in [-0.15, -0.1) is 0 Å². The largest absolute Gasteiger partial charge is 0.475 e. The van der Waals surface area contributed by atoms with Crippen LogP contribution in [0.25, 0.3) is 0 Å². The molecule has 0 atom stereocenters. The minimum absolute atomic E-state index is 0.0512. The minimum atomic E-state index is -0.171. The summed E-state index contributed by atoms with van der Waals surface area (Å²) in [4.78, 5) is 16.5. The highest BCUT2D eigenvalue weighted by molar-refractivity contribution is 5.94. The lowest BCUT2D eigenvalue weighted by Gasteiger charge is -2.26. The molecule has 1 aliphatic rings. The van der Waals surface area contributed by atoms with Crippen LogP contribution in [0.3, 0.4) is 0 Å². The molecule has 1 fully saturated rings. The van der Waals surface area contributed by atoms with E-state index in [1.54, 1.807) is 18.3 Å². The van der Waals surface area contributed by atoms with Gasteiger partial charge in [0.25, 0.3) is 5.91 Å². The molecule has 1 aromatic rings. The van der Waals surface area contributed by atoms with Gasteiger partial charge in [-0.05, 0) is 58.4 Å². The van der Waals surface area contributed by atoms with Crippen LogP contribution < -0.4 is 10.1 Å². The average molecular weight is 334 g/mol. The molecule has 1 amide bonds. The monoisotopic (exact) mass is 334 g/mol. The van der Waals surface area contributed by atoms with Crippen molar-refractivity contribution in [3.05, 3.63) is 23.9 Å². The zero-order chi connectivity index (χ0) is 17.6. The van der Waals surface area contributed by atoms with Crippen molar-refractivity contribution in [2.75, 3.05) is 13.2 Å². The molecule has 134 valence electrons. The maximum atomic E-state index is 12.3. The molecule has 1 heterocycles. The predicted molar refractivity (Wildman–Crippen MR) is 94.3 cm³/mol. The fraction of sp³-hybridized carbons (Fsp3) is 0.684. The number of ether oxygens (including phenoxy) is 2. The number of nitrogens with one attached hydrogen (secondary N) is 1. The molecule has 0 aliphatic heterocycles. The fourth-order valence-corrected chi connectivity index (χ4v) is 2.77. The first-order chi connectivity index (χ1) is 11.3. The quantitative estimate of drug-likeness (QED) is 0.808. The first-order valence-electron chi connectivity index (χ1n) is 8.87. The first kappa shape index (κ1) is 18.7.